The van der Waals surface area contributed by atoms with E-state index in [0.29, 0.717) is 12.0 Å². The van der Waals surface area contributed by atoms with Crippen LogP contribution < -0.4 is 5.73 Å². The second-order valence-electron chi connectivity index (χ2n) is 6.55. The van der Waals surface area contributed by atoms with Crippen LogP contribution in [0.5, 0.6) is 0 Å². The maximum absolute atomic E-state index is 5.70. The molecule has 15 heavy (non-hydrogen) atoms. The number of hydrogen-bond acceptors (Lipinski definition) is 1. The van der Waals surface area contributed by atoms with Crippen LogP contribution in [0.25, 0.3) is 0 Å². The first-order chi connectivity index (χ1) is 7.19. The average molecular weight is 205 g/mol. The largest absolute Gasteiger partial charge is 0.327 e. The van der Waals surface area contributed by atoms with Gasteiger partial charge in [-0.1, -0.05) is 12.2 Å². The molecule has 0 aromatic carbocycles. The third-order valence-corrected chi connectivity index (χ3v) is 5.08. The molecule has 4 rings (SSSR count). The van der Waals surface area contributed by atoms with Crippen LogP contribution in [0.1, 0.15) is 44.9 Å². The van der Waals surface area contributed by atoms with E-state index in [2.05, 4.69) is 6.58 Å². The predicted molar refractivity (Wildman–Crippen MR) is 63.4 cm³/mol. The van der Waals surface area contributed by atoms with E-state index in [4.69, 9.17) is 5.73 Å². The zero-order valence-corrected chi connectivity index (χ0v) is 9.67. The molecule has 4 aliphatic carbocycles. The first kappa shape index (κ1) is 9.89. The molecule has 0 saturated heterocycles. The molecule has 0 aliphatic heterocycles. The van der Waals surface area contributed by atoms with Crippen molar-refractivity contribution in [1.82, 2.24) is 0 Å². The summed E-state index contributed by atoms with van der Waals surface area (Å²) in [5.41, 5.74) is 7.63. The molecule has 0 radical (unpaired) electrons. The Bertz CT molecular complexity index is 244. The minimum absolute atomic E-state index is 0.644. The van der Waals surface area contributed by atoms with E-state index in [9.17, 15) is 0 Å². The quantitative estimate of drug-likeness (QED) is 0.704. The van der Waals surface area contributed by atoms with Crippen molar-refractivity contribution in [3.8, 4) is 0 Å². The second-order valence-corrected chi connectivity index (χ2v) is 6.55. The highest BCUT2D eigenvalue weighted by atomic mass is 14.6. The summed E-state index contributed by atoms with van der Waals surface area (Å²) in [5.74, 6) is 3.17. The van der Waals surface area contributed by atoms with Crippen LogP contribution in [0, 0.1) is 23.2 Å². The molecule has 4 saturated carbocycles. The van der Waals surface area contributed by atoms with Gasteiger partial charge in [0, 0.05) is 6.54 Å². The van der Waals surface area contributed by atoms with Gasteiger partial charge in [0.1, 0.15) is 0 Å². The van der Waals surface area contributed by atoms with Crippen LogP contribution in [-0.4, -0.2) is 6.54 Å². The monoisotopic (exact) mass is 205 g/mol. The van der Waals surface area contributed by atoms with Gasteiger partial charge in [0.05, 0.1) is 0 Å². The SMILES string of the molecule is C=C(CN)CC12CC3CC(CC(C3)C1)C2. The minimum Gasteiger partial charge on any atom is -0.327 e. The van der Waals surface area contributed by atoms with E-state index in [1.165, 1.54) is 50.5 Å². The van der Waals surface area contributed by atoms with E-state index in [-0.39, 0.29) is 0 Å². The van der Waals surface area contributed by atoms with E-state index >= 15 is 0 Å². The van der Waals surface area contributed by atoms with Gasteiger partial charge in [-0.3, -0.25) is 0 Å². The fourth-order valence-electron chi connectivity index (χ4n) is 5.11. The molecule has 4 aliphatic rings. The van der Waals surface area contributed by atoms with Crippen molar-refractivity contribution < 1.29 is 0 Å². The lowest BCUT2D eigenvalue weighted by Gasteiger charge is -2.57. The van der Waals surface area contributed by atoms with Crippen molar-refractivity contribution in [2.24, 2.45) is 28.9 Å². The molecule has 0 aromatic heterocycles. The topological polar surface area (TPSA) is 26.0 Å². The van der Waals surface area contributed by atoms with Crippen molar-refractivity contribution >= 4 is 0 Å². The number of nitrogens with two attached hydrogens (primary N) is 1. The standard InChI is InChI=1S/C14H23N/c1-10(9-15)5-14-6-11-2-12(7-14)4-13(3-11)8-14/h11-13H,1-9,15H2. The zero-order valence-electron chi connectivity index (χ0n) is 9.67. The normalized spacial score (nSPS) is 47.1. The lowest BCUT2D eigenvalue weighted by molar-refractivity contribution is -0.0521. The molecule has 0 aromatic rings. The number of hydrogen-bond donors (Lipinski definition) is 1. The van der Waals surface area contributed by atoms with Gasteiger partial charge in [-0.15, -0.1) is 0 Å². The lowest BCUT2D eigenvalue weighted by Crippen LogP contribution is -2.46. The van der Waals surface area contributed by atoms with Gasteiger partial charge in [0.15, 0.2) is 0 Å². The van der Waals surface area contributed by atoms with Gasteiger partial charge < -0.3 is 5.73 Å². The molecule has 0 unspecified atom stereocenters. The van der Waals surface area contributed by atoms with Crippen molar-refractivity contribution in [3.63, 3.8) is 0 Å². The summed E-state index contributed by atoms with van der Waals surface area (Å²) in [6.07, 6.45) is 10.3. The van der Waals surface area contributed by atoms with Gasteiger partial charge in [0.25, 0.3) is 0 Å². The van der Waals surface area contributed by atoms with E-state index in [0.717, 1.165) is 17.8 Å². The smallest absolute Gasteiger partial charge is 0.0134 e. The summed E-state index contributed by atoms with van der Waals surface area (Å²) in [7, 11) is 0. The van der Waals surface area contributed by atoms with E-state index < -0.39 is 0 Å². The molecule has 84 valence electrons. The van der Waals surface area contributed by atoms with E-state index in [1.54, 1.807) is 0 Å². The summed E-state index contributed by atoms with van der Waals surface area (Å²) in [4.78, 5) is 0. The highest BCUT2D eigenvalue weighted by molar-refractivity contribution is 5.09. The van der Waals surface area contributed by atoms with Crippen molar-refractivity contribution in [2.75, 3.05) is 6.54 Å². The molecule has 0 heterocycles. The van der Waals surface area contributed by atoms with Gasteiger partial charge >= 0.3 is 0 Å². The maximum atomic E-state index is 5.70. The third kappa shape index (κ3) is 1.65. The molecule has 1 nitrogen and oxygen atoms in total. The third-order valence-electron chi connectivity index (χ3n) is 5.08. The van der Waals surface area contributed by atoms with Gasteiger partial charge in [0.2, 0.25) is 0 Å². The van der Waals surface area contributed by atoms with Gasteiger partial charge in [-0.2, -0.15) is 0 Å². The highest BCUT2D eigenvalue weighted by Gasteiger charge is 2.50. The Morgan fingerprint density at radius 2 is 1.53 bits per heavy atom. The fraction of sp³-hybridized carbons (Fsp3) is 0.857. The van der Waals surface area contributed by atoms with Crippen LogP contribution in [-0.2, 0) is 0 Å². The van der Waals surface area contributed by atoms with Crippen LogP contribution in [0.2, 0.25) is 0 Å². The maximum Gasteiger partial charge on any atom is 0.0134 e. The molecule has 1 heteroatoms. The fourth-order valence-corrected chi connectivity index (χ4v) is 5.11. The van der Waals surface area contributed by atoms with Crippen molar-refractivity contribution in [2.45, 2.75) is 44.9 Å². The lowest BCUT2D eigenvalue weighted by atomic mass is 9.48. The first-order valence-electron chi connectivity index (χ1n) is 6.56. The first-order valence-corrected chi connectivity index (χ1v) is 6.56. The molecular weight excluding hydrogens is 182 g/mol. The Hall–Kier alpha value is -0.300. The average Bonchev–Trinajstić information content (AvgIpc) is 2.14. The summed E-state index contributed by atoms with van der Waals surface area (Å²) in [5, 5.41) is 0. The second kappa shape index (κ2) is 3.35. The van der Waals surface area contributed by atoms with Crippen LogP contribution in [0.15, 0.2) is 12.2 Å². The van der Waals surface area contributed by atoms with Crippen molar-refractivity contribution in [1.29, 1.82) is 0 Å². The molecule has 0 atom stereocenters. The summed E-state index contributed by atoms with van der Waals surface area (Å²) < 4.78 is 0. The highest BCUT2D eigenvalue weighted by Crippen LogP contribution is 2.61. The molecule has 0 amide bonds. The zero-order chi connectivity index (χ0) is 10.5. The Morgan fingerprint density at radius 3 is 1.93 bits per heavy atom. The summed E-state index contributed by atoms with van der Waals surface area (Å²) in [6, 6.07) is 0. The van der Waals surface area contributed by atoms with Gasteiger partial charge in [-0.05, 0) is 68.1 Å². The summed E-state index contributed by atoms with van der Waals surface area (Å²) in [6.45, 7) is 4.82. The van der Waals surface area contributed by atoms with Crippen LogP contribution in [0.3, 0.4) is 0 Å². The van der Waals surface area contributed by atoms with Gasteiger partial charge in [-0.25, -0.2) is 0 Å². The van der Waals surface area contributed by atoms with Crippen LogP contribution in [0.4, 0.5) is 0 Å². The Balaban J connectivity index is 1.78. The summed E-state index contributed by atoms with van der Waals surface area (Å²) >= 11 is 0. The van der Waals surface area contributed by atoms with E-state index in [1.807, 2.05) is 0 Å². The molecule has 4 bridgehead atoms. The molecule has 0 spiro atoms. The minimum atomic E-state index is 0.644. The molecule has 2 N–H and O–H groups in total. The Morgan fingerprint density at radius 1 is 1.07 bits per heavy atom. The van der Waals surface area contributed by atoms with Crippen molar-refractivity contribution in [3.05, 3.63) is 12.2 Å². The number of rotatable bonds is 3. The molecule has 4 fully saturated rings. The Labute approximate surface area is 93.1 Å². The molecular formula is C14H23N. The van der Waals surface area contributed by atoms with Crippen LogP contribution >= 0.6 is 0 Å². The predicted octanol–water partition coefficient (Wildman–Crippen LogP) is 3.11. The Kier molecular flexibility index (Phi) is 2.21.